The van der Waals surface area contributed by atoms with Crippen molar-refractivity contribution in [2.45, 2.75) is 57.6 Å². The number of nitrogens with zero attached hydrogens (tertiary/aromatic N) is 1. The highest BCUT2D eigenvalue weighted by Crippen LogP contribution is 2.26. The summed E-state index contributed by atoms with van der Waals surface area (Å²) >= 11 is 0. The van der Waals surface area contributed by atoms with Crippen LogP contribution < -0.4 is 0 Å². The van der Waals surface area contributed by atoms with Gasteiger partial charge in [-0.3, -0.25) is 9.69 Å². The van der Waals surface area contributed by atoms with Crippen molar-refractivity contribution in [2.75, 3.05) is 19.7 Å². The maximum atomic E-state index is 11.0. The molecule has 1 heterocycles. The van der Waals surface area contributed by atoms with Crippen molar-refractivity contribution < 1.29 is 14.6 Å². The van der Waals surface area contributed by atoms with Crippen LogP contribution in [0.3, 0.4) is 0 Å². The summed E-state index contributed by atoms with van der Waals surface area (Å²) in [5.41, 5.74) is 0. The van der Waals surface area contributed by atoms with Crippen LogP contribution in [0.1, 0.15) is 45.4 Å². The molecule has 4 heteroatoms. The Morgan fingerprint density at radius 2 is 2.06 bits per heavy atom. The number of carboxylic acid groups (broad SMARTS) is 1. The monoisotopic (exact) mass is 255 g/mol. The standard InChI is InChI=1S/C14H25NO3/c1-11-5-2-3-7-13(11)18-10-9-15-8-4-6-12(15)14(16)17/h11-13H,2-10H2,1H3,(H,16,17)/t11?,12-,13?/m1/s1. The van der Waals surface area contributed by atoms with Crippen LogP contribution in [0.4, 0.5) is 0 Å². The van der Waals surface area contributed by atoms with E-state index in [1.807, 2.05) is 0 Å². The van der Waals surface area contributed by atoms with Crippen LogP contribution in [0.25, 0.3) is 0 Å². The van der Waals surface area contributed by atoms with E-state index < -0.39 is 5.97 Å². The Morgan fingerprint density at radius 1 is 1.28 bits per heavy atom. The van der Waals surface area contributed by atoms with Gasteiger partial charge in [-0.2, -0.15) is 0 Å². The van der Waals surface area contributed by atoms with E-state index in [-0.39, 0.29) is 6.04 Å². The average molecular weight is 255 g/mol. The van der Waals surface area contributed by atoms with Gasteiger partial charge < -0.3 is 9.84 Å². The quantitative estimate of drug-likeness (QED) is 0.817. The number of ether oxygens (including phenoxy) is 1. The highest BCUT2D eigenvalue weighted by molar-refractivity contribution is 5.73. The van der Waals surface area contributed by atoms with E-state index in [0.29, 0.717) is 18.6 Å². The lowest BCUT2D eigenvalue weighted by Crippen LogP contribution is -2.39. The van der Waals surface area contributed by atoms with Crippen LogP contribution in [0, 0.1) is 5.92 Å². The van der Waals surface area contributed by atoms with Crippen molar-refractivity contribution in [1.29, 1.82) is 0 Å². The molecule has 1 saturated heterocycles. The van der Waals surface area contributed by atoms with Gasteiger partial charge in [0.2, 0.25) is 0 Å². The van der Waals surface area contributed by atoms with Gasteiger partial charge in [0.15, 0.2) is 0 Å². The fourth-order valence-electron chi connectivity index (χ4n) is 3.22. The summed E-state index contributed by atoms with van der Waals surface area (Å²) in [7, 11) is 0. The molecule has 0 spiro atoms. The molecule has 4 nitrogen and oxygen atoms in total. The number of likely N-dealkylation sites (tertiary alicyclic amines) is 1. The second kappa shape index (κ2) is 6.53. The van der Waals surface area contributed by atoms with E-state index in [9.17, 15) is 4.79 Å². The van der Waals surface area contributed by atoms with E-state index in [1.54, 1.807) is 0 Å². The topological polar surface area (TPSA) is 49.8 Å². The van der Waals surface area contributed by atoms with Crippen LogP contribution in [0.5, 0.6) is 0 Å². The first-order valence-corrected chi connectivity index (χ1v) is 7.27. The average Bonchev–Trinajstić information content (AvgIpc) is 2.80. The number of carbonyl (C=O) groups is 1. The Labute approximate surface area is 109 Å². The van der Waals surface area contributed by atoms with E-state index in [2.05, 4.69) is 11.8 Å². The largest absolute Gasteiger partial charge is 0.480 e. The summed E-state index contributed by atoms with van der Waals surface area (Å²) in [6, 6.07) is -0.280. The van der Waals surface area contributed by atoms with Gasteiger partial charge in [0.1, 0.15) is 6.04 Å². The molecule has 0 aromatic heterocycles. The molecule has 104 valence electrons. The van der Waals surface area contributed by atoms with Crippen molar-refractivity contribution in [3.63, 3.8) is 0 Å². The summed E-state index contributed by atoms with van der Waals surface area (Å²) in [5, 5.41) is 9.09. The molecule has 1 saturated carbocycles. The van der Waals surface area contributed by atoms with Crippen LogP contribution in [-0.2, 0) is 9.53 Å². The lowest BCUT2D eigenvalue weighted by atomic mass is 9.88. The molecule has 0 bridgehead atoms. The van der Waals surface area contributed by atoms with Crippen LogP contribution >= 0.6 is 0 Å². The van der Waals surface area contributed by atoms with E-state index in [0.717, 1.165) is 25.9 Å². The molecule has 2 aliphatic rings. The third kappa shape index (κ3) is 3.45. The van der Waals surface area contributed by atoms with Crippen molar-refractivity contribution in [1.82, 2.24) is 4.90 Å². The molecule has 0 aromatic carbocycles. The maximum Gasteiger partial charge on any atom is 0.320 e. The fraction of sp³-hybridized carbons (Fsp3) is 0.929. The third-order valence-electron chi connectivity index (χ3n) is 4.39. The maximum absolute atomic E-state index is 11.0. The molecular formula is C14H25NO3. The van der Waals surface area contributed by atoms with Crippen molar-refractivity contribution in [3.8, 4) is 0 Å². The number of carboxylic acids is 1. The van der Waals surface area contributed by atoms with Gasteiger partial charge in [0, 0.05) is 6.54 Å². The normalized spacial score (nSPS) is 33.7. The minimum atomic E-state index is -0.682. The molecule has 3 atom stereocenters. The Bertz CT molecular complexity index is 282. The molecule has 1 aliphatic carbocycles. The molecule has 0 aromatic rings. The fourth-order valence-corrected chi connectivity index (χ4v) is 3.22. The summed E-state index contributed by atoms with van der Waals surface area (Å²) in [6.07, 6.45) is 7.22. The van der Waals surface area contributed by atoms with Crippen LogP contribution in [0.15, 0.2) is 0 Å². The first-order chi connectivity index (χ1) is 8.68. The van der Waals surface area contributed by atoms with Crippen molar-refractivity contribution >= 4 is 5.97 Å². The van der Waals surface area contributed by atoms with Crippen LogP contribution in [0.2, 0.25) is 0 Å². The summed E-state index contributed by atoms with van der Waals surface area (Å²) < 4.78 is 5.95. The smallest absolute Gasteiger partial charge is 0.320 e. The van der Waals surface area contributed by atoms with E-state index in [1.165, 1.54) is 25.7 Å². The minimum absolute atomic E-state index is 0.280. The zero-order valence-corrected chi connectivity index (χ0v) is 11.3. The van der Waals surface area contributed by atoms with Gasteiger partial charge in [0.25, 0.3) is 0 Å². The van der Waals surface area contributed by atoms with Gasteiger partial charge in [-0.05, 0) is 38.1 Å². The SMILES string of the molecule is CC1CCCCC1OCCN1CCC[C@@H]1C(=O)O. The van der Waals surface area contributed by atoms with Crippen molar-refractivity contribution in [3.05, 3.63) is 0 Å². The van der Waals surface area contributed by atoms with E-state index >= 15 is 0 Å². The second-order valence-corrected chi connectivity index (χ2v) is 5.70. The molecule has 1 N–H and O–H groups in total. The molecule has 2 rings (SSSR count). The predicted octanol–water partition coefficient (Wildman–Crippen LogP) is 2.13. The van der Waals surface area contributed by atoms with Gasteiger partial charge in [-0.15, -0.1) is 0 Å². The Balaban J connectivity index is 1.69. The number of rotatable bonds is 5. The highest BCUT2D eigenvalue weighted by Gasteiger charge is 2.30. The Morgan fingerprint density at radius 3 is 2.78 bits per heavy atom. The second-order valence-electron chi connectivity index (χ2n) is 5.70. The van der Waals surface area contributed by atoms with Gasteiger partial charge in [0.05, 0.1) is 12.7 Å². The summed E-state index contributed by atoms with van der Waals surface area (Å²) in [4.78, 5) is 13.1. The lowest BCUT2D eigenvalue weighted by molar-refractivity contribution is -0.142. The van der Waals surface area contributed by atoms with Crippen molar-refractivity contribution in [2.24, 2.45) is 5.92 Å². The Hall–Kier alpha value is -0.610. The first kappa shape index (κ1) is 13.8. The number of aliphatic carboxylic acids is 1. The Kier molecular flexibility index (Phi) is 5.01. The first-order valence-electron chi connectivity index (χ1n) is 7.27. The van der Waals surface area contributed by atoms with Gasteiger partial charge >= 0.3 is 5.97 Å². The molecule has 1 aliphatic heterocycles. The molecular weight excluding hydrogens is 230 g/mol. The molecule has 18 heavy (non-hydrogen) atoms. The molecule has 0 amide bonds. The highest BCUT2D eigenvalue weighted by atomic mass is 16.5. The van der Waals surface area contributed by atoms with Crippen LogP contribution in [-0.4, -0.2) is 47.8 Å². The van der Waals surface area contributed by atoms with E-state index in [4.69, 9.17) is 9.84 Å². The van der Waals surface area contributed by atoms with Gasteiger partial charge in [-0.25, -0.2) is 0 Å². The molecule has 0 radical (unpaired) electrons. The molecule has 2 fully saturated rings. The third-order valence-corrected chi connectivity index (χ3v) is 4.39. The van der Waals surface area contributed by atoms with Gasteiger partial charge in [-0.1, -0.05) is 19.8 Å². The molecule has 2 unspecified atom stereocenters. The lowest BCUT2D eigenvalue weighted by Gasteiger charge is -2.30. The zero-order valence-electron chi connectivity index (χ0n) is 11.3. The summed E-state index contributed by atoms with van der Waals surface area (Å²) in [6.45, 7) is 4.61. The predicted molar refractivity (Wildman–Crippen MR) is 69.6 cm³/mol. The zero-order chi connectivity index (χ0) is 13.0. The number of hydrogen-bond acceptors (Lipinski definition) is 3. The number of hydrogen-bond donors (Lipinski definition) is 1. The summed E-state index contributed by atoms with van der Waals surface area (Å²) in [5.74, 6) is -0.0221. The minimum Gasteiger partial charge on any atom is -0.480 e.